The number of hydrogen-bond donors (Lipinski definition) is 2. The molecule has 15 heavy (non-hydrogen) atoms. The summed E-state index contributed by atoms with van der Waals surface area (Å²) in [6.45, 7) is 0. The summed E-state index contributed by atoms with van der Waals surface area (Å²) in [6, 6.07) is 2.59. The van der Waals surface area contributed by atoms with Gasteiger partial charge in [0.25, 0.3) is 0 Å². The average molecular weight is 249 g/mol. The van der Waals surface area contributed by atoms with Crippen LogP contribution in [0.5, 0.6) is 0 Å². The van der Waals surface area contributed by atoms with Gasteiger partial charge in [-0.05, 0) is 12.1 Å². The Morgan fingerprint density at radius 3 is 2.40 bits per heavy atom. The van der Waals surface area contributed by atoms with Crippen LogP contribution in [-0.4, -0.2) is 12.1 Å². The summed E-state index contributed by atoms with van der Waals surface area (Å²) in [4.78, 5) is 21.6. The van der Waals surface area contributed by atoms with Crippen molar-refractivity contribution in [3.63, 3.8) is 0 Å². The molecule has 7 heteroatoms. The van der Waals surface area contributed by atoms with Crippen molar-refractivity contribution in [2.45, 2.75) is 0 Å². The number of rotatable bonds is 1. The fraction of sp³-hybridized carbons (Fsp3) is 0. The zero-order valence-corrected chi connectivity index (χ0v) is 8.80. The molecular weight excluding hydrogens is 243 g/mol. The Morgan fingerprint density at radius 2 is 1.87 bits per heavy atom. The minimum Gasteiger partial charge on any atom is -0.397 e. The lowest BCUT2D eigenvalue weighted by Crippen LogP contribution is -2.19. The van der Waals surface area contributed by atoms with Crippen LogP contribution in [0.1, 0.15) is 10.4 Å². The first-order valence-corrected chi connectivity index (χ1v) is 4.43. The molecule has 0 aliphatic heterocycles. The van der Waals surface area contributed by atoms with E-state index in [9.17, 15) is 9.59 Å². The Bertz CT molecular complexity index is 434. The maximum atomic E-state index is 11.3. The average Bonchev–Trinajstić information content (AvgIpc) is 2.09. The molecule has 1 aromatic carbocycles. The fourth-order valence-electron chi connectivity index (χ4n) is 0.905. The van der Waals surface area contributed by atoms with Crippen molar-refractivity contribution in [1.29, 1.82) is 0 Å². The molecule has 4 N–H and O–H groups in total. The second kappa shape index (κ2) is 4.37. The van der Waals surface area contributed by atoms with Gasteiger partial charge in [0.05, 0.1) is 16.3 Å². The normalized spacial score (nSPS) is 9.73. The quantitative estimate of drug-likeness (QED) is 0.450. The molecule has 0 atom stereocenters. The van der Waals surface area contributed by atoms with Crippen LogP contribution in [0, 0.1) is 0 Å². The molecule has 0 aromatic heterocycles. The molecule has 1 amide bonds. The lowest BCUT2D eigenvalue weighted by Gasteiger charge is -2.05. The van der Waals surface area contributed by atoms with Crippen molar-refractivity contribution in [2.24, 2.45) is 5.73 Å². The predicted octanol–water partition coefficient (Wildman–Crippen LogP) is 1.81. The SMILES string of the molecule is NC(=O)OC(=O)c1cc(Cl)cc(N)c1Cl. The minimum absolute atomic E-state index is 0.0364. The van der Waals surface area contributed by atoms with E-state index in [1.807, 2.05) is 0 Å². The van der Waals surface area contributed by atoms with Crippen LogP contribution >= 0.6 is 23.2 Å². The summed E-state index contributed by atoms with van der Waals surface area (Å²) >= 11 is 11.3. The van der Waals surface area contributed by atoms with E-state index in [4.69, 9.17) is 28.9 Å². The van der Waals surface area contributed by atoms with E-state index in [-0.39, 0.29) is 21.3 Å². The molecule has 1 aromatic rings. The molecule has 0 fully saturated rings. The molecule has 5 nitrogen and oxygen atoms in total. The Labute approximate surface area is 94.9 Å². The predicted molar refractivity (Wildman–Crippen MR) is 55.9 cm³/mol. The standard InChI is InChI=1S/C8H6Cl2N2O3/c9-3-1-4(6(10)5(11)2-3)7(13)15-8(12)14/h1-2H,11H2,(H2,12,14). The Kier molecular flexibility index (Phi) is 3.39. The number of ether oxygens (including phenoxy) is 1. The van der Waals surface area contributed by atoms with Gasteiger partial charge in [-0.3, -0.25) is 0 Å². The number of esters is 1. The molecule has 80 valence electrons. The number of carbonyl (C=O) groups excluding carboxylic acids is 2. The number of primary amides is 1. The first-order valence-electron chi connectivity index (χ1n) is 3.68. The summed E-state index contributed by atoms with van der Waals surface area (Å²) in [5.74, 6) is -0.998. The van der Waals surface area contributed by atoms with E-state index in [0.717, 1.165) is 0 Å². The van der Waals surface area contributed by atoms with Crippen LogP contribution in [0.25, 0.3) is 0 Å². The second-order valence-electron chi connectivity index (χ2n) is 2.57. The number of nitrogens with two attached hydrogens (primary N) is 2. The largest absolute Gasteiger partial charge is 0.412 e. The molecule has 0 aliphatic carbocycles. The zero-order chi connectivity index (χ0) is 11.6. The fourth-order valence-corrected chi connectivity index (χ4v) is 1.32. The number of hydrogen-bond acceptors (Lipinski definition) is 4. The molecule has 0 heterocycles. The molecule has 0 unspecified atom stereocenters. The smallest absolute Gasteiger partial charge is 0.397 e. The van der Waals surface area contributed by atoms with Gasteiger partial charge in [-0.2, -0.15) is 0 Å². The van der Waals surface area contributed by atoms with E-state index in [2.05, 4.69) is 10.5 Å². The Balaban J connectivity index is 3.13. The van der Waals surface area contributed by atoms with Crippen LogP contribution in [-0.2, 0) is 4.74 Å². The van der Waals surface area contributed by atoms with Crippen LogP contribution in [0.3, 0.4) is 0 Å². The van der Waals surface area contributed by atoms with Gasteiger partial charge >= 0.3 is 12.1 Å². The summed E-state index contributed by atoms with van der Waals surface area (Å²) < 4.78 is 4.13. The highest BCUT2D eigenvalue weighted by Crippen LogP contribution is 2.28. The highest BCUT2D eigenvalue weighted by molar-refractivity contribution is 6.38. The van der Waals surface area contributed by atoms with E-state index in [1.165, 1.54) is 12.1 Å². The lowest BCUT2D eigenvalue weighted by atomic mass is 10.2. The third-order valence-corrected chi connectivity index (χ3v) is 2.12. The van der Waals surface area contributed by atoms with Gasteiger partial charge in [-0.25, -0.2) is 9.59 Å². The first-order chi connectivity index (χ1) is 6.91. The van der Waals surface area contributed by atoms with E-state index in [0.29, 0.717) is 0 Å². The minimum atomic E-state index is -1.23. The van der Waals surface area contributed by atoms with E-state index < -0.39 is 12.1 Å². The van der Waals surface area contributed by atoms with Gasteiger partial charge < -0.3 is 16.2 Å². The Hall–Kier alpha value is -1.46. The number of nitrogen functional groups attached to an aromatic ring is 1. The maximum Gasteiger partial charge on any atom is 0.412 e. The van der Waals surface area contributed by atoms with Crippen molar-refractivity contribution in [1.82, 2.24) is 0 Å². The molecular formula is C8H6Cl2N2O3. The zero-order valence-electron chi connectivity index (χ0n) is 7.29. The van der Waals surface area contributed by atoms with Gasteiger partial charge in [-0.1, -0.05) is 23.2 Å². The summed E-state index contributed by atoms with van der Waals surface area (Å²) in [7, 11) is 0. The second-order valence-corrected chi connectivity index (χ2v) is 3.38. The van der Waals surface area contributed by atoms with Gasteiger partial charge in [0.2, 0.25) is 0 Å². The van der Waals surface area contributed by atoms with Crippen molar-refractivity contribution in [3.05, 3.63) is 27.7 Å². The molecule has 0 saturated heterocycles. The third-order valence-electron chi connectivity index (χ3n) is 1.48. The summed E-state index contributed by atoms with van der Waals surface area (Å²) in [6.07, 6.45) is -1.23. The molecule has 0 spiro atoms. The van der Waals surface area contributed by atoms with Crippen molar-refractivity contribution in [3.8, 4) is 0 Å². The van der Waals surface area contributed by atoms with E-state index in [1.54, 1.807) is 0 Å². The number of anilines is 1. The number of benzene rings is 1. The van der Waals surface area contributed by atoms with Crippen LogP contribution < -0.4 is 11.5 Å². The van der Waals surface area contributed by atoms with Crippen LogP contribution in [0.2, 0.25) is 10.0 Å². The Morgan fingerprint density at radius 1 is 1.27 bits per heavy atom. The molecule has 0 radical (unpaired) electrons. The third kappa shape index (κ3) is 2.74. The maximum absolute atomic E-state index is 11.3. The lowest BCUT2D eigenvalue weighted by molar-refractivity contribution is 0.0638. The monoisotopic (exact) mass is 248 g/mol. The van der Waals surface area contributed by atoms with Crippen molar-refractivity contribution in [2.75, 3.05) is 5.73 Å². The summed E-state index contributed by atoms with van der Waals surface area (Å²) in [5.41, 5.74) is 10.1. The molecule has 0 aliphatic rings. The number of halogens is 2. The van der Waals surface area contributed by atoms with Gasteiger partial charge in [0.15, 0.2) is 0 Å². The van der Waals surface area contributed by atoms with Gasteiger partial charge in [-0.15, -0.1) is 0 Å². The topological polar surface area (TPSA) is 95.4 Å². The van der Waals surface area contributed by atoms with Crippen molar-refractivity contribution < 1.29 is 14.3 Å². The van der Waals surface area contributed by atoms with Gasteiger partial charge in [0.1, 0.15) is 0 Å². The van der Waals surface area contributed by atoms with Crippen LogP contribution in [0.4, 0.5) is 10.5 Å². The molecule has 1 rings (SSSR count). The van der Waals surface area contributed by atoms with Crippen LogP contribution in [0.15, 0.2) is 12.1 Å². The van der Waals surface area contributed by atoms with Gasteiger partial charge in [0, 0.05) is 5.02 Å². The first kappa shape index (κ1) is 11.6. The molecule has 0 bridgehead atoms. The van der Waals surface area contributed by atoms with E-state index >= 15 is 0 Å². The summed E-state index contributed by atoms with van der Waals surface area (Å²) in [5, 5.41) is 0.166. The highest BCUT2D eigenvalue weighted by atomic mass is 35.5. The molecule has 0 saturated carbocycles. The number of amides is 1. The van der Waals surface area contributed by atoms with Crippen molar-refractivity contribution >= 4 is 41.0 Å². The highest BCUT2D eigenvalue weighted by Gasteiger charge is 2.17. The number of carbonyl (C=O) groups is 2.